The molecule has 1 N–H and O–H groups in total. The number of halogens is 3. The number of carbonyl (C=O) groups excluding carboxylic acids is 1. The predicted octanol–water partition coefficient (Wildman–Crippen LogP) is 2.91. The number of nitrogens with zero attached hydrogens (tertiary/aromatic N) is 1. The number of benzene rings is 1. The van der Waals surface area contributed by atoms with Crippen LogP contribution < -0.4 is 5.32 Å². The van der Waals surface area contributed by atoms with Gasteiger partial charge in [0.05, 0.1) is 6.04 Å². The second-order valence-electron chi connectivity index (χ2n) is 5.32. The Kier molecular flexibility index (Phi) is 6.55. The Balaban J connectivity index is 0.00000220. The molecule has 0 radical (unpaired) electrons. The second kappa shape index (κ2) is 7.71. The Labute approximate surface area is 130 Å². The molecule has 1 amide bonds. The normalized spacial score (nSPS) is 17.0. The van der Waals surface area contributed by atoms with Crippen molar-refractivity contribution in [1.82, 2.24) is 10.2 Å². The minimum Gasteiger partial charge on any atom is -0.339 e. The Morgan fingerprint density at radius 1 is 1.29 bits per heavy atom. The molecule has 1 aromatic carbocycles. The van der Waals surface area contributed by atoms with Crippen molar-refractivity contribution in [3.05, 3.63) is 35.4 Å². The molecule has 1 unspecified atom stereocenters. The molecule has 3 nitrogen and oxygen atoms in total. The molecule has 1 aliphatic heterocycles. The van der Waals surface area contributed by atoms with Crippen molar-refractivity contribution in [2.24, 2.45) is 5.92 Å². The second-order valence-corrected chi connectivity index (χ2v) is 5.32. The van der Waals surface area contributed by atoms with Gasteiger partial charge in [0.2, 0.25) is 5.91 Å². The SMILES string of the molecule is CC(c1ccc(F)c(F)c1)N(C)C(=O)C1CCNCC1.Cl. The van der Waals surface area contributed by atoms with E-state index in [0.717, 1.165) is 38.1 Å². The van der Waals surface area contributed by atoms with Gasteiger partial charge < -0.3 is 10.2 Å². The van der Waals surface area contributed by atoms with E-state index in [1.54, 1.807) is 11.9 Å². The lowest BCUT2D eigenvalue weighted by molar-refractivity contribution is -0.137. The molecule has 0 bridgehead atoms. The van der Waals surface area contributed by atoms with Gasteiger partial charge in [0.1, 0.15) is 0 Å². The van der Waals surface area contributed by atoms with Crippen molar-refractivity contribution in [3.63, 3.8) is 0 Å². The molecule has 1 atom stereocenters. The van der Waals surface area contributed by atoms with Crippen LogP contribution in [0, 0.1) is 17.6 Å². The summed E-state index contributed by atoms with van der Waals surface area (Å²) in [6, 6.07) is 3.51. The van der Waals surface area contributed by atoms with Gasteiger partial charge in [0.25, 0.3) is 0 Å². The van der Waals surface area contributed by atoms with Gasteiger partial charge in [-0.3, -0.25) is 4.79 Å². The Bertz CT molecular complexity index is 493. The number of amides is 1. The third kappa shape index (κ3) is 4.14. The summed E-state index contributed by atoms with van der Waals surface area (Å²) in [5.41, 5.74) is 0.605. The van der Waals surface area contributed by atoms with Gasteiger partial charge in [-0.25, -0.2) is 8.78 Å². The van der Waals surface area contributed by atoms with Gasteiger partial charge in [-0.2, -0.15) is 0 Å². The fourth-order valence-electron chi connectivity index (χ4n) is 2.54. The fraction of sp³-hybridized carbons (Fsp3) is 0.533. The molecule has 118 valence electrons. The van der Waals surface area contributed by atoms with Gasteiger partial charge >= 0.3 is 0 Å². The largest absolute Gasteiger partial charge is 0.339 e. The zero-order chi connectivity index (χ0) is 14.7. The first-order valence-electron chi connectivity index (χ1n) is 6.93. The van der Waals surface area contributed by atoms with Gasteiger partial charge in [-0.1, -0.05) is 6.07 Å². The standard InChI is InChI=1S/C15H20F2N2O.ClH/c1-10(12-3-4-13(16)14(17)9-12)19(2)15(20)11-5-7-18-8-6-11;/h3-4,9-11,18H,5-8H2,1-2H3;1H. The summed E-state index contributed by atoms with van der Waals surface area (Å²) in [7, 11) is 1.72. The maximum Gasteiger partial charge on any atom is 0.226 e. The molecule has 6 heteroatoms. The fourth-order valence-corrected chi connectivity index (χ4v) is 2.54. The number of hydrogen-bond acceptors (Lipinski definition) is 2. The molecular weight excluding hydrogens is 298 g/mol. The highest BCUT2D eigenvalue weighted by Crippen LogP contribution is 2.24. The van der Waals surface area contributed by atoms with E-state index >= 15 is 0 Å². The van der Waals surface area contributed by atoms with Crippen LogP contribution >= 0.6 is 12.4 Å². The average molecular weight is 319 g/mol. The number of hydrogen-bond donors (Lipinski definition) is 1. The van der Waals surface area contributed by atoms with E-state index in [4.69, 9.17) is 0 Å². The van der Waals surface area contributed by atoms with E-state index < -0.39 is 11.6 Å². The molecule has 0 aromatic heterocycles. The molecule has 21 heavy (non-hydrogen) atoms. The van der Waals surface area contributed by atoms with E-state index in [1.807, 2.05) is 6.92 Å². The summed E-state index contributed by atoms with van der Waals surface area (Å²) in [6.07, 6.45) is 1.65. The molecule has 1 heterocycles. The molecule has 2 rings (SSSR count). The smallest absolute Gasteiger partial charge is 0.226 e. The first-order chi connectivity index (χ1) is 9.50. The van der Waals surface area contributed by atoms with Crippen LogP contribution in [0.25, 0.3) is 0 Å². The van der Waals surface area contributed by atoms with Gasteiger partial charge in [-0.15, -0.1) is 12.4 Å². The predicted molar refractivity (Wildman–Crippen MR) is 80.4 cm³/mol. The van der Waals surface area contributed by atoms with Crippen LogP contribution in [-0.4, -0.2) is 30.9 Å². The van der Waals surface area contributed by atoms with Crippen LogP contribution in [0.5, 0.6) is 0 Å². The first-order valence-corrected chi connectivity index (χ1v) is 6.93. The lowest BCUT2D eigenvalue weighted by Crippen LogP contribution is -2.40. The first kappa shape index (κ1) is 17.9. The average Bonchev–Trinajstić information content (AvgIpc) is 2.48. The van der Waals surface area contributed by atoms with Crippen molar-refractivity contribution in [3.8, 4) is 0 Å². The molecule has 1 fully saturated rings. The topological polar surface area (TPSA) is 32.3 Å². The number of nitrogens with one attached hydrogen (secondary N) is 1. The Morgan fingerprint density at radius 3 is 2.48 bits per heavy atom. The van der Waals surface area contributed by atoms with Crippen LogP contribution in [-0.2, 0) is 4.79 Å². The molecule has 1 aromatic rings. The number of piperidine rings is 1. The summed E-state index contributed by atoms with van der Waals surface area (Å²) < 4.78 is 26.2. The third-order valence-electron chi connectivity index (χ3n) is 4.04. The summed E-state index contributed by atoms with van der Waals surface area (Å²) in [4.78, 5) is 14.0. The highest BCUT2D eigenvalue weighted by Gasteiger charge is 2.27. The van der Waals surface area contributed by atoms with E-state index in [9.17, 15) is 13.6 Å². The van der Waals surface area contributed by atoms with Crippen LogP contribution in [0.3, 0.4) is 0 Å². The zero-order valence-corrected chi connectivity index (χ0v) is 13.1. The monoisotopic (exact) mass is 318 g/mol. The number of rotatable bonds is 3. The lowest BCUT2D eigenvalue weighted by atomic mass is 9.95. The Morgan fingerprint density at radius 2 is 1.90 bits per heavy atom. The molecule has 0 saturated carbocycles. The minimum atomic E-state index is -0.878. The van der Waals surface area contributed by atoms with Crippen LogP contribution in [0.4, 0.5) is 8.78 Å². The van der Waals surface area contributed by atoms with Crippen molar-refractivity contribution in [2.45, 2.75) is 25.8 Å². The van der Waals surface area contributed by atoms with Crippen LogP contribution in [0.2, 0.25) is 0 Å². The Hall–Kier alpha value is -1.20. The van der Waals surface area contributed by atoms with Crippen molar-refractivity contribution >= 4 is 18.3 Å². The number of carbonyl (C=O) groups is 1. The van der Waals surface area contributed by atoms with E-state index in [0.29, 0.717) is 5.56 Å². The zero-order valence-electron chi connectivity index (χ0n) is 12.2. The highest BCUT2D eigenvalue weighted by molar-refractivity contribution is 5.85. The van der Waals surface area contributed by atoms with E-state index in [2.05, 4.69) is 5.32 Å². The molecule has 1 saturated heterocycles. The molecule has 0 aliphatic carbocycles. The van der Waals surface area contributed by atoms with Gasteiger partial charge in [0.15, 0.2) is 11.6 Å². The molecule has 0 spiro atoms. The summed E-state index contributed by atoms with van der Waals surface area (Å²) in [5, 5.41) is 3.22. The maximum absolute atomic E-state index is 13.3. The van der Waals surface area contributed by atoms with E-state index in [-0.39, 0.29) is 30.3 Å². The molecule has 1 aliphatic rings. The van der Waals surface area contributed by atoms with Crippen LogP contribution in [0.15, 0.2) is 18.2 Å². The summed E-state index contributed by atoms with van der Waals surface area (Å²) >= 11 is 0. The highest BCUT2D eigenvalue weighted by atomic mass is 35.5. The van der Waals surface area contributed by atoms with Gasteiger partial charge in [-0.05, 0) is 50.6 Å². The van der Waals surface area contributed by atoms with Crippen molar-refractivity contribution < 1.29 is 13.6 Å². The summed E-state index contributed by atoms with van der Waals surface area (Å²) in [6.45, 7) is 3.53. The van der Waals surface area contributed by atoms with Crippen LogP contribution in [0.1, 0.15) is 31.4 Å². The minimum absolute atomic E-state index is 0. The molecular formula is C15H21ClF2N2O. The lowest BCUT2D eigenvalue weighted by Gasteiger charge is -2.31. The summed E-state index contributed by atoms with van der Waals surface area (Å²) in [5.74, 6) is -1.65. The van der Waals surface area contributed by atoms with Crippen molar-refractivity contribution in [1.29, 1.82) is 0 Å². The quantitative estimate of drug-likeness (QED) is 0.929. The van der Waals surface area contributed by atoms with Crippen molar-refractivity contribution in [2.75, 3.05) is 20.1 Å². The third-order valence-corrected chi connectivity index (χ3v) is 4.04. The maximum atomic E-state index is 13.3. The van der Waals surface area contributed by atoms with Gasteiger partial charge in [0, 0.05) is 13.0 Å². The van der Waals surface area contributed by atoms with E-state index in [1.165, 1.54) is 6.07 Å².